The Morgan fingerprint density at radius 1 is 1.06 bits per heavy atom. The Labute approximate surface area is 207 Å². The van der Waals surface area contributed by atoms with E-state index in [9.17, 15) is 14.4 Å². The number of aryl methyl sites for hydroxylation is 1. The fourth-order valence-corrected chi connectivity index (χ4v) is 8.44. The lowest BCUT2D eigenvalue weighted by Crippen LogP contribution is -2.49. The minimum atomic E-state index is -3.82. The van der Waals surface area contributed by atoms with Crippen LogP contribution in [0.1, 0.15) is 44.7 Å². The molecule has 194 valence electrons. The SMILES string of the molecule is CC(=O)O[Si](CCCc1ccc2c(c1)CO[Si](C)(CCCOCC1CO1)O2)(OC(C)=O)OC(C)=O. The molecule has 1 aromatic carbocycles. The van der Waals surface area contributed by atoms with Gasteiger partial charge in [0.1, 0.15) is 11.9 Å². The monoisotopic (exact) mass is 526 g/mol. The molecule has 2 aliphatic rings. The van der Waals surface area contributed by atoms with Crippen LogP contribution in [0.15, 0.2) is 18.2 Å². The van der Waals surface area contributed by atoms with Crippen molar-refractivity contribution in [3.63, 3.8) is 0 Å². The predicted octanol–water partition coefficient (Wildman–Crippen LogP) is 3.03. The molecule has 2 heterocycles. The lowest BCUT2D eigenvalue weighted by atomic mass is 10.1. The van der Waals surface area contributed by atoms with Gasteiger partial charge in [-0.3, -0.25) is 14.4 Å². The molecule has 0 bridgehead atoms. The van der Waals surface area contributed by atoms with Crippen molar-refractivity contribution in [2.45, 2.75) is 71.4 Å². The van der Waals surface area contributed by atoms with Gasteiger partial charge in [-0.2, -0.15) is 0 Å². The van der Waals surface area contributed by atoms with Gasteiger partial charge in [0.15, 0.2) is 0 Å². The highest BCUT2D eigenvalue weighted by Gasteiger charge is 2.51. The first-order valence-corrected chi connectivity index (χ1v) is 16.3. The van der Waals surface area contributed by atoms with Gasteiger partial charge in [0.05, 0.1) is 25.9 Å². The molecule has 3 rings (SSSR count). The molecule has 0 aromatic heterocycles. The van der Waals surface area contributed by atoms with Gasteiger partial charge in [-0.05, 0) is 43.5 Å². The minimum Gasteiger partial charge on any atom is -0.520 e. The molecule has 0 spiro atoms. The second-order valence-corrected chi connectivity index (χ2v) is 14.7. The van der Waals surface area contributed by atoms with Gasteiger partial charge in [-0.25, -0.2) is 0 Å². The first kappa shape index (κ1) is 27.3. The summed E-state index contributed by atoms with van der Waals surface area (Å²) in [5.74, 6) is -1.17. The van der Waals surface area contributed by atoms with Crippen LogP contribution >= 0.6 is 0 Å². The smallest absolute Gasteiger partial charge is 0.520 e. The fourth-order valence-electron chi connectivity index (χ4n) is 3.87. The standard InChI is InChI=1S/C23H34O10Si2/c1-17(24)30-35(31-18(2)25,32-19(3)26)12-5-7-20-8-9-23-21(13-20)14-29-34(4,33-23)11-6-10-27-15-22-16-28-22/h8-9,13,22H,5-7,10-12,14-16H2,1-4H3. The van der Waals surface area contributed by atoms with Crippen LogP contribution in [0.25, 0.3) is 0 Å². The zero-order chi connectivity index (χ0) is 25.5. The summed E-state index contributed by atoms with van der Waals surface area (Å²) in [5.41, 5.74) is 1.99. The van der Waals surface area contributed by atoms with E-state index in [-0.39, 0.29) is 12.1 Å². The number of benzene rings is 1. The van der Waals surface area contributed by atoms with Crippen LogP contribution in [0.5, 0.6) is 5.75 Å². The van der Waals surface area contributed by atoms with E-state index < -0.39 is 35.3 Å². The molecule has 35 heavy (non-hydrogen) atoms. The topological polar surface area (TPSA) is 119 Å². The molecule has 1 aromatic rings. The zero-order valence-electron chi connectivity index (χ0n) is 20.8. The van der Waals surface area contributed by atoms with Gasteiger partial charge in [-0.1, -0.05) is 6.07 Å². The van der Waals surface area contributed by atoms with Crippen molar-refractivity contribution in [1.29, 1.82) is 0 Å². The molecule has 12 heteroatoms. The third kappa shape index (κ3) is 9.04. The van der Waals surface area contributed by atoms with Crippen molar-refractivity contribution in [2.75, 3.05) is 19.8 Å². The summed E-state index contributed by atoms with van der Waals surface area (Å²) in [6.07, 6.45) is 2.23. The van der Waals surface area contributed by atoms with E-state index in [2.05, 4.69) is 6.55 Å². The summed E-state index contributed by atoms with van der Waals surface area (Å²) < 4.78 is 38.9. The van der Waals surface area contributed by atoms with Crippen molar-refractivity contribution >= 4 is 35.3 Å². The average molecular weight is 527 g/mol. The Kier molecular flexibility index (Phi) is 9.47. The van der Waals surface area contributed by atoms with E-state index in [1.54, 1.807) is 0 Å². The third-order valence-corrected chi connectivity index (χ3v) is 10.9. The van der Waals surface area contributed by atoms with E-state index in [4.69, 9.17) is 31.6 Å². The maximum atomic E-state index is 11.6. The maximum Gasteiger partial charge on any atom is 0.705 e. The molecule has 0 N–H and O–H groups in total. The molecule has 2 unspecified atom stereocenters. The number of rotatable bonds is 13. The van der Waals surface area contributed by atoms with E-state index in [1.807, 2.05) is 18.2 Å². The van der Waals surface area contributed by atoms with Crippen LogP contribution < -0.4 is 4.43 Å². The Hall–Kier alpha value is -2.26. The minimum absolute atomic E-state index is 0.135. The van der Waals surface area contributed by atoms with Gasteiger partial charge in [0.2, 0.25) is 0 Å². The quantitative estimate of drug-likeness (QED) is 0.215. The number of carbonyl (C=O) groups excluding carboxylic acids is 3. The zero-order valence-corrected chi connectivity index (χ0v) is 22.8. The number of carbonyl (C=O) groups is 3. The summed E-state index contributed by atoms with van der Waals surface area (Å²) >= 11 is 0. The van der Waals surface area contributed by atoms with E-state index in [0.29, 0.717) is 32.7 Å². The Morgan fingerprint density at radius 2 is 1.71 bits per heavy atom. The number of hydrogen-bond donors (Lipinski definition) is 0. The average Bonchev–Trinajstić information content (AvgIpc) is 3.56. The van der Waals surface area contributed by atoms with Crippen LogP contribution in [-0.4, -0.2) is 61.2 Å². The molecule has 1 fully saturated rings. The summed E-state index contributed by atoms with van der Waals surface area (Å²) in [7, 11) is -6.13. The van der Waals surface area contributed by atoms with Crippen LogP contribution in [0.3, 0.4) is 0 Å². The van der Waals surface area contributed by atoms with Gasteiger partial charge in [0, 0.05) is 39.0 Å². The van der Waals surface area contributed by atoms with Crippen LogP contribution in [0.4, 0.5) is 0 Å². The Balaban J connectivity index is 1.53. The molecule has 0 radical (unpaired) electrons. The lowest BCUT2D eigenvalue weighted by Gasteiger charge is -2.33. The van der Waals surface area contributed by atoms with E-state index in [0.717, 1.165) is 35.9 Å². The van der Waals surface area contributed by atoms with Crippen molar-refractivity contribution in [2.24, 2.45) is 0 Å². The Morgan fingerprint density at radius 3 is 2.31 bits per heavy atom. The molecule has 2 aliphatic heterocycles. The van der Waals surface area contributed by atoms with Crippen molar-refractivity contribution < 1.29 is 46.0 Å². The van der Waals surface area contributed by atoms with Gasteiger partial charge in [0.25, 0.3) is 17.9 Å². The fraction of sp³-hybridized carbons (Fsp3) is 0.609. The number of hydrogen-bond acceptors (Lipinski definition) is 10. The molecule has 2 atom stereocenters. The second kappa shape index (κ2) is 12.1. The van der Waals surface area contributed by atoms with E-state index in [1.165, 1.54) is 20.8 Å². The number of epoxide rings is 1. The molecule has 10 nitrogen and oxygen atoms in total. The highest BCUT2D eigenvalue weighted by molar-refractivity contribution is 6.67. The van der Waals surface area contributed by atoms with Crippen molar-refractivity contribution in [3.05, 3.63) is 29.3 Å². The van der Waals surface area contributed by atoms with Crippen molar-refractivity contribution in [3.8, 4) is 5.75 Å². The van der Waals surface area contributed by atoms with Crippen LogP contribution in [-0.2, 0) is 54.6 Å². The van der Waals surface area contributed by atoms with Gasteiger partial charge >= 0.3 is 17.4 Å². The second-order valence-electron chi connectivity index (χ2n) is 8.92. The lowest BCUT2D eigenvalue weighted by molar-refractivity contribution is -0.147. The molecule has 0 aliphatic carbocycles. The van der Waals surface area contributed by atoms with E-state index >= 15 is 0 Å². The summed E-state index contributed by atoms with van der Waals surface area (Å²) in [6.45, 7) is 8.22. The summed E-state index contributed by atoms with van der Waals surface area (Å²) in [6, 6.07) is 6.93. The first-order chi connectivity index (χ1) is 16.6. The first-order valence-electron chi connectivity index (χ1n) is 11.8. The number of ether oxygens (including phenoxy) is 2. The van der Waals surface area contributed by atoms with Gasteiger partial charge in [-0.15, -0.1) is 0 Å². The highest BCUT2D eigenvalue weighted by Crippen LogP contribution is 2.33. The number of fused-ring (bicyclic) bond motifs is 1. The third-order valence-electron chi connectivity index (χ3n) is 5.46. The molecule has 0 saturated carbocycles. The Bertz CT molecular complexity index is 879. The summed E-state index contributed by atoms with van der Waals surface area (Å²) in [4.78, 5) is 34.8. The maximum absolute atomic E-state index is 11.6. The van der Waals surface area contributed by atoms with Crippen LogP contribution in [0, 0.1) is 0 Å². The molecular formula is C23H34O10Si2. The normalized spacial score (nSPS) is 20.9. The molecule has 0 amide bonds. The predicted molar refractivity (Wildman–Crippen MR) is 128 cm³/mol. The largest absolute Gasteiger partial charge is 0.705 e. The van der Waals surface area contributed by atoms with Crippen LogP contribution in [0.2, 0.25) is 18.6 Å². The van der Waals surface area contributed by atoms with Crippen molar-refractivity contribution in [1.82, 2.24) is 0 Å². The highest BCUT2D eigenvalue weighted by atomic mass is 28.4. The molecular weight excluding hydrogens is 492 g/mol. The molecule has 1 saturated heterocycles. The summed E-state index contributed by atoms with van der Waals surface area (Å²) in [5, 5.41) is 0. The van der Waals surface area contributed by atoms with Gasteiger partial charge < -0.3 is 31.6 Å².